The third-order valence-corrected chi connectivity index (χ3v) is 2.46. The van der Waals surface area contributed by atoms with E-state index in [1.54, 1.807) is 0 Å². The number of nitrogens with one attached hydrogen (secondary N) is 2. The highest BCUT2D eigenvalue weighted by Gasteiger charge is 2.32. The third-order valence-electron chi connectivity index (χ3n) is 2.46. The Balaban J connectivity index is 1.94. The van der Waals surface area contributed by atoms with Gasteiger partial charge in [0.15, 0.2) is 0 Å². The molecule has 3 nitrogen and oxygen atoms in total. The molecule has 1 fully saturated rings. The van der Waals surface area contributed by atoms with E-state index in [1.165, 1.54) is 5.84 Å². The zero-order chi connectivity index (χ0) is 8.55. The van der Waals surface area contributed by atoms with Crippen LogP contribution in [-0.2, 0) is 0 Å². The lowest BCUT2D eigenvalue weighted by Crippen LogP contribution is -2.35. The molecule has 0 aromatic carbocycles. The first-order valence-electron chi connectivity index (χ1n) is 4.79. The summed E-state index contributed by atoms with van der Waals surface area (Å²) in [6.45, 7) is 6.60. The second kappa shape index (κ2) is 3.05. The van der Waals surface area contributed by atoms with Crippen molar-refractivity contribution in [3.63, 3.8) is 0 Å². The smallest absolute Gasteiger partial charge is 0.0973 e. The lowest BCUT2D eigenvalue weighted by molar-refractivity contribution is 0.625. The molecule has 1 saturated heterocycles. The van der Waals surface area contributed by atoms with Crippen LogP contribution in [0.4, 0.5) is 0 Å². The number of rotatable bonds is 2. The van der Waals surface area contributed by atoms with Gasteiger partial charge in [0.2, 0.25) is 0 Å². The molecule has 2 N–H and O–H groups in total. The van der Waals surface area contributed by atoms with Gasteiger partial charge >= 0.3 is 0 Å². The average Bonchev–Trinajstić information content (AvgIpc) is 2.43. The molecule has 0 saturated carbocycles. The Morgan fingerprint density at radius 1 is 1.50 bits per heavy atom. The Hall–Kier alpha value is -0.570. The molecular formula is C9H17N3. The van der Waals surface area contributed by atoms with Crippen molar-refractivity contribution in [2.24, 2.45) is 10.9 Å². The van der Waals surface area contributed by atoms with Crippen LogP contribution in [0.2, 0.25) is 0 Å². The molecule has 0 aliphatic carbocycles. The number of amidine groups is 1. The van der Waals surface area contributed by atoms with E-state index in [4.69, 9.17) is 0 Å². The second-order valence-corrected chi connectivity index (χ2v) is 4.15. The Bertz CT molecular complexity index is 198. The van der Waals surface area contributed by atoms with Gasteiger partial charge < -0.3 is 10.6 Å². The van der Waals surface area contributed by atoms with E-state index < -0.39 is 0 Å². The molecule has 0 radical (unpaired) electrons. The van der Waals surface area contributed by atoms with Crippen molar-refractivity contribution in [3.8, 4) is 0 Å². The fourth-order valence-corrected chi connectivity index (χ4v) is 1.90. The quantitative estimate of drug-likeness (QED) is 0.623. The molecule has 3 heteroatoms. The normalized spacial score (nSPS) is 33.4. The Kier molecular flexibility index (Phi) is 2.05. The molecule has 12 heavy (non-hydrogen) atoms. The number of hydrogen-bond donors (Lipinski definition) is 2. The molecule has 68 valence electrons. The van der Waals surface area contributed by atoms with Crippen LogP contribution in [0.15, 0.2) is 4.99 Å². The summed E-state index contributed by atoms with van der Waals surface area (Å²) in [4.78, 5) is 4.63. The van der Waals surface area contributed by atoms with Crippen molar-refractivity contribution in [2.75, 3.05) is 13.1 Å². The maximum atomic E-state index is 4.63. The van der Waals surface area contributed by atoms with Crippen LogP contribution < -0.4 is 10.6 Å². The van der Waals surface area contributed by atoms with E-state index in [-0.39, 0.29) is 0 Å². The monoisotopic (exact) mass is 167 g/mol. The predicted molar refractivity (Wildman–Crippen MR) is 50.5 cm³/mol. The molecule has 2 unspecified atom stereocenters. The van der Waals surface area contributed by atoms with E-state index >= 15 is 0 Å². The Morgan fingerprint density at radius 3 is 3.00 bits per heavy atom. The number of aliphatic imine (C=N–C) groups is 1. The summed E-state index contributed by atoms with van der Waals surface area (Å²) in [6.07, 6.45) is 1.10. The minimum absolute atomic E-state index is 0.513. The van der Waals surface area contributed by atoms with Gasteiger partial charge in [0, 0.05) is 19.5 Å². The molecule has 0 aromatic heterocycles. The van der Waals surface area contributed by atoms with Crippen molar-refractivity contribution in [1.29, 1.82) is 0 Å². The van der Waals surface area contributed by atoms with Crippen molar-refractivity contribution < 1.29 is 0 Å². The molecule has 2 rings (SSSR count). The second-order valence-electron chi connectivity index (χ2n) is 4.15. The number of hydrogen-bond acceptors (Lipinski definition) is 3. The molecule has 0 bridgehead atoms. The highest BCUT2D eigenvalue weighted by atomic mass is 15.2. The van der Waals surface area contributed by atoms with E-state index in [1.807, 2.05) is 0 Å². The van der Waals surface area contributed by atoms with E-state index in [0.29, 0.717) is 18.0 Å². The standard InChI is InChI=1S/C9H17N3/c1-6(2)3-9-11-7-4-10-5-8(7)12-9/h6-8,10H,3-5H2,1-2H3,(H,11,12). The summed E-state index contributed by atoms with van der Waals surface area (Å²) in [6, 6.07) is 1.09. The van der Waals surface area contributed by atoms with Crippen LogP contribution in [0.25, 0.3) is 0 Å². The average molecular weight is 167 g/mol. The van der Waals surface area contributed by atoms with Crippen LogP contribution in [0.1, 0.15) is 20.3 Å². The minimum atomic E-state index is 0.513. The summed E-state index contributed by atoms with van der Waals surface area (Å²) < 4.78 is 0. The third kappa shape index (κ3) is 1.46. The molecule has 2 aliphatic heterocycles. The highest BCUT2D eigenvalue weighted by Crippen LogP contribution is 2.14. The van der Waals surface area contributed by atoms with Gasteiger partial charge in [-0.15, -0.1) is 0 Å². The Morgan fingerprint density at radius 2 is 2.33 bits per heavy atom. The first-order chi connectivity index (χ1) is 5.75. The molecule has 2 heterocycles. The van der Waals surface area contributed by atoms with Gasteiger partial charge in [-0.3, -0.25) is 4.99 Å². The van der Waals surface area contributed by atoms with E-state index in [9.17, 15) is 0 Å². The van der Waals surface area contributed by atoms with Crippen LogP contribution in [0.5, 0.6) is 0 Å². The summed E-state index contributed by atoms with van der Waals surface area (Å²) in [7, 11) is 0. The molecule has 2 aliphatic rings. The van der Waals surface area contributed by atoms with Gasteiger partial charge in [0.1, 0.15) is 0 Å². The Labute approximate surface area is 73.6 Å². The van der Waals surface area contributed by atoms with Gasteiger partial charge in [0.25, 0.3) is 0 Å². The van der Waals surface area contributed by atoms with Crippen molar-refractivity contribution in [2.45, 2.75) is 32.4 Å². The van der Waals surface area contributed by atoms with Crippen molar-refractivity contribution in [3.05, 3.63) is 0 Å². The fraction of sp³-hybridized carbons (Fsp3) is 0.889. The first-order valence-corrected chi connectivity index (χ1v) is 4.79. The van der Waals surface area contributed by atoms with E-state index in [2.05, 4.69) is 29.5 Å². The SMILES string of the molecule is CC(C)CC1=NC2CNCC2N1. The maximum absolute atomic E-state index is 4.63. The molecule has 0 aromatic rings. The van der Waals surface area contributed by atoms with Gasteiger partial charge in [-0.25, -0.2) is 0 Å². The number of nitrogens with zero attached hydrogens (tertiary/aromatic N) is 1. The maximum Gasteiger partial charge on any atom is 0.0973 e. The molecule has 0 amide bonds. The van der Waals surface area contributed by atoms with Crippen LogP contribution >= 0.6 is 0 Å². The summed E-state index contributed by atoms with van der Waals surface area (Å²) in [5, 5.41) is 6.80. The fourth-order valence-electron chi connectivity index (χ4n) is 1.90. The summed E-state index contributed by atoms with van der Waals surface area (Å²) in [5.74, 6) is 1.93. The van der Waals surface area contributed by atoms with Gasteiger partial charge in [-0.05, 0) is 5.92 Å². The minimum Gasteiger partial charge on any atom is -0.368 e. The largest absolute Gasteiger partial charge is 0.368 e. The van der Waals surface area contributed by atoms with E-state index in [0.717, 1.165) is 19.5 Å². The molecule has 2 atom stereocenters. The van der Waals surface area contributed by atoms with Crippen LogP contribution in [-0.4, -0.2) is 31.0 Å². The predicted octanol–water partition coefficient (Wildman–Crippen LogP) is 0.375. The lowest BCUT2D eigenvalue weighted by atomic mass is 10.1. The summed E-state index contributed by atoms with van der Waals surface area (Å²) in [5.41, 5.74) is 0. The first kappa shape index (κ1) is 8.05. The number of fused-ring (bicyclic) bond motifs is 1. The van der Waals surface area contributed by atoms with Gasteiger partial charge in [0.05, 0.1) is 17.9 Å². The lowest BCUT2D eigenvalue weighted by Gasteiger charge is -2.09. The van der Waals surface area contributed by atoms with Gasteiger partial charge in [-0.2, -0.15) is 0 Å². The van der Waals surface area contributed by atoms with Crippen LogP contribution in [0, 0.1) is 5.92 Å². The zero-order valence-corrected chi connectivity index (χ0v) is 7.80. The molecule has 0 spiro atoms. The zero-order valence-electron chi connectivity index (χ0n) is 7.80. The van der Waals surface area contributed by atoms with Crippen molar-refractivity contribution in [1.82, 2.24) is 10.6 Å². The van der Waals surface area contributed by atoms with Gasteiger partial charge in [-0.1, -0.05) is 13.8 Å². The van der Waals surface area contributed by atoms with Crippen LogP contribution in [0.3, 0.4) is 0 Å². The molecular weight excluding hydrogens is 150 g/mol. The topological polar surface area (TPSA) is 36.4 Å². The summed E-state index contributed by atoms with van der Waals surface area (Å²) >= 11 is 0. The highest BCUT2D eigenvalue weighted by molar-refractivity contribution is 5.84. The van der Waals surface area contributed by atoms with Crippen molar-refractivity contribution >= 4 is 5.84 Å².